The minimum Gasteiger partial charge on any atom is -0.349 e. The predicted molar refractivity (Wildman–Crippen MR) is 323 cm³/mol. The van der Waals surface area contributed by atoms with Crippen LogP contribution >= 0.6 is 48.0 Å². The Morgan fingerprint density at radius 1 is 0.482 bits per heavy atom. The number of nitrogens with zero attached hydrogens (tertiary/aromatic N) is 2. The smallest absolute Gasteiger partial charge is 0.263 e. The van der Waals surface area contributed by atoms with Crippen LogP contribution in [0.15, 0.2) is 91.0 Å². The van der Waals surface area contributed by atoms with Crippen LogP contribution in [0, 0.1) is 59.7 Å². The maximum atomic E-state index is 13.9. The minimum atomic E-state index is -0.965. The van der Waals surface area contributed by atoms with Gasteiger partial charge in [0.25, 0.3) is 5.54 Å². The average Bonchev–Trinajstić information content (AvgIpc) is 2.17. The van der Waals surface area contributed by atoms with E-state index in [2.05, 4.69) is 31.0 Å². The van der Waals surface area contributed by atoms with E-state index in [0.29, 0.717) is 67.4 Å². The average molecular weight is 1270 g/mol. The van der Waals surface area contributed by atoms with E-state index in [9.17, 15) is 49.5 Å². The van der Waals surface area contributed by atoms with E-state index in [4.69, 9.17) is 36.3 Å². The molecule has 85 heavy (non-hydrogen) atoms. The Morgan fingerprint density at radius 2 is 0.847 bits per heavy atom. The number of carbonyl (C=O) groups is 3. The molecule has 1 saturated heterocycles. The highest BCUT2D eigenvalue weighted by Crippen LogP contribution is 2.49. The first-order chi connectivity index (χ1) is 40.0. The van der Waals surface area contributed by atoms with Crippen LogP contribution in [-0.2, 0) is 42.8 Å². The van der Waals surface area contributed by atoms with E-state index in [-0.39, 0.29) is 71.5 Å². The molecule has 0 bridgehead atoms. The zero-order chi connectivity index (χ0) is 60.0. The summed E-state index contributed by atoms with van der Waals surface area (Å²) in [5, 5.41) is 11.5. The van der Waals surface area contributed by atoms with Gasteiger partial charge in [0.15, 0.2) is 0 Å². The number of fused-ring (bicyclic) bond motifs is 4. The van der Waals surface area contributed by atoms with Crippen molar-refractivity contribution in [1.29, 1.82) is 0 Å². The van der Waals surface area contributed by atoms with Gasteiger partial charge in [-0.25, -0.2) is 48.3 Å². The Morgan fingerprint density at radius 3 is 1.25 bits per heavy atom. The Hall–Kier alpha value is -5.95. The van der Waals surface area contributed by atoms with Crippen molar-refractivity contribution in [3.63, 3.8) is 0 Å². The fourth-order valence-corrected chi connectivity index (χ4v) is 12.6. The zero-order valence-corrected chi connectivity index (χ0v) is 50.3. The third-order valence-electron chi connectivity index (χ3n) is 16.4. The fraction of sp³-hybridized carbons (Fsp3) is 0.453. The summed E-state index contributed by atoms with van der Waals surface area (Å²) in [5.74, 6) is -2.65. The van der Waals surface area contributed by atoms with Crippen molar-refractivity contribution in [2.45, 2.75) is 157 Å². The van der Waals surface area contributed by atoms with Crippen LogP contribution in [0.25, 0.3) is 9.69 Å². The molecule has 3 heterocycles. The SMILES string of the molecule is Cl.Cl.ClCCCCCCl.O=C1Nc2cccc(F)c2C12CCCCC2.O=C1Nc2cccc(F)c2C12CCNCC2.O=CNC1(c2c(F)cccc2F)CCCCC1.[C-]#[N+]C1(c2c(F)cccc2F)CCCCC1.[C-]#[N+]Cc1c(F)cccc1F. The number of benzene rings is 5. The van der Waals surface area contributed by atoms with Crippen molar-refractivity contribution in [1.82, 2.24) is 10.6 Å². The second-order valence-corrected chi connectivity index (χ2v) is 22.2. The molecule has 460 valence electrons. The van der Waals surface area contributed by atoms with E-state index in [0.717, 1.165) is 120 Å². The summed E-state index contributed by atoms with van der Waals surface area (Å²) in [6.07, 6.45) is 17.9. The number of anilines is 2. The van der Waals surface area contributed by atoms with E-state index < -0.39 is 56.8 Å². The lowest BCUT2D eigenvalue weighted by atomic mass is 9.70. The van der Waals surface area contributed by atoms with Gasteiger partial charge in [-0.15, -0.1) is 48.0 Å². The maximum absolute atomic E-state index is 13.9. The molecule has 21 heteroatoms. The van der Waals surface area contributed by atoms with Gasteiger partial charge in [-0.1, -0.05) is 81.7 Å². The van der Waals surface area contributed by atoms with Gasteiger partial charge in [0, 0.05) is 52.7 Å². The van der Waals surface area contributed by atoms with Gasteiger partial charge >= 0.3 is 0 Å². The predicted octanol–water partition coefficient (Wildman–Crippen LogP) is 17.2. The lowest BCUT2D eigenvalue weighted by Gasteiger charge is -2.37. The van der Waals surface area contributed by atoms with E-state index >= 15 is 0 Å². The lowest BCUT2D eigenvalue weighted by molar-refractivity contribution is -0.122. The van der Waals surface area contributed by atoms with Crippen molar-refractivity contribution in [3.8, 4) is 0 Å². The van der Waals surface area contributed by atoms with Gasteiger partial charge in [0.2, 0.25) is 24.8 Å². The third-order valence-corrected chi connectivity index (χ3v) is 16.9. The normalized spacial score (nSPS) is 17.6. The summed E-state index contributed by atoms with van der Waals surface area (Å²) < 4.78 is 108. The fourth-order valence-electron chi connectivity index (χ4n) is 12.2. The molecule has 0 unspecified atom stereocenters. The van der Waals surface area contributed by atoms with E-state index in [1.807, 2.05) is 0 Å². The summed E-state index contributed by atoms with van der Waals surface area (Å²) in [4.78, 5) is 41.3. The molecule has 0 atom stereocenters. The van der Waals surface area contributed by atoms with Crippen LogP contribution in [0.1, 0.15) is 156 Å². The highest BCUT2D eigenvalue weighted by Gasteiger charge is 2.50. The standard InChI is InChI=1S/C13H15F2NO.C13H13F2N.C13H14FNO.C12H13FN2O.C8H5F2N.C5H10Cl2.2ClH/c14-10-5-4-6-11(15)12(10)13(16-9-17)7-2-1-3-8-13;1-16-13(8-3-2-4-9-13)12-10(14)6-5-7-11(12)15;14-9-5-4-6-10-11(9)13(12(16)15-10)7-2-1-3-8-13;13-8-2-1-3-9-10(8)12(11(16)15-9)4-6-14-7-5-12;1-11-5-6-7(9)3-2-4-8(6)10;6-4-2-1-3-5-7;;/h4-6,9H,1-3,7-8H2,(H,16,17);5-7H,2-4,8-9H2;4-6H,1-3,7-8H2,(H,15,16);1-3,14H,4-7H2,(H,15,16);2-4H,5H2;1-5H2;2*1H. The Labute approximate surface area is 515 Å². The first-order valence-electron chi connectivity index (χ1n) is 28.3. The van der Waals surface area contributed by atoms with Crippen LogP contribution in [-0.4, -0.2) is 43.1 Å². The highest BCUT2D eigenvalue weighted by atomic mass is 35.5. The summed E-state index contributed by atoms with van der Waals surface area (Å²) in [6.45, 7) is 15.0. The van der Waals surface area contributed by atoms with Crippen LogP contribution in [0.4, 0.5) is 46.5 Å². The summed E-state index contributed by atoms with van der Waals surface area (Å²) in [5.41, 5.74) is -0.701. The monoisotopic (exact) mass is 1260 g/mol. The molecule has 0 radical (unpaired) electrons. The van der Waals surface area contributed by atoms with Crippen molar-refractivity contribution in [2.75, 3.05) is 35.5 Å². The Bertz CT molecular complexity index is 2930. The number of alkyl halides is 2. The van der Waals surface area contributed by atoms with Crippen LogP contribution in [0.3, 0.4) is 0 Å². The number of rotatable bonds is 9. The summed E-state index contributed by atoms with van der Waals surface area (Å²) >= 11 is 10.8. The first-order valence-corrected chi connectivity index (χ1v) is 29.4. The van der Waals surface area contributed by atoms with Crippen LogP contribution in [0.2, 0.25) is 0 Å². The summed E-state index contributed by atoms with van der Waals surface area (Å²) in [7, 11) is 0. The minimum absolute atomic E-state index is 0. The largest absolute Gasteiger partial charge is 0.349 e. The zero-order valence-electron chi connectivity index (χ0n) is 47.1. The second kappa shape index (κ2) is 34.4. The molecule has 6 aliphatic rings. The number of piperidine rings is 1. The molecule has 5 aromatic rings. The highest BCUT2D eigenvalue weighted by molar-refractivity contribution is 6.18. The molecule has 3 aliphatic heterocycles. The molecule has 3 aliphatic carbocycles. The molecular formula is C64H72Cl4F8N6O3. The molecule has 4 N–H and O–H groups in total. The first kappa shape index (κ1) is 71.5. The molecular weight excluding hydrogens is 1190 g/mol. The molecule has 3 amide bonds. The Kier molecular flexibility index (Phi) is 29.0. The van der Waals surface area contributed by atoms with Crippen molar-refractivity contribution >= 4 is 77.6 Å². The Balaban J connectivity index is 0.000000221. The number of unbranched alkanes of at least 4 members (excludes halogenated alkanes) is 2. The van der Waals surface area contributed by atoms with Gasteiger partial charge in [0.1, 0.15) is 57.7 Å². The lowest BCUT2D eigenvalue weighted by Crippen LogP contribution is -2.44. The quantitative estimate of drug-likeness (QED) is 0.0388. The molecule has 9 nitrogen and oxygen atoms in total. The van der Waals surface area contributed by atoms with Crippen molar-refractivity contribution < 1.29 is 49.5 Å². The second-order valence-electron chi connectivity index (χ2n) is 21.5. The van der Waals surface area contributed by atoms with Crippen LogP contribution < -0.4 is 21.3 Å². The van der Waals surface area contributed by atoms with Gasteiger partial charge < -0.3 is 31.0 Å². The number of hydrogen-bond acceptors (Lipinski definition) is 4. The number of amides is 3. The topological polar surface area (TPSA) is 108 Å². The molecule has 3 saturated carbocycles. The van der Waals surface area contributed by atoms with Crippen molar-refractivity contribution in [3.05, 3.63) is 188 Å². The van der Waals surface area contributed by atoms with Gasteiger partial charge in [-0.05, 0) is 138 Å². The molecule has 0 aromatic heterocycles. The van der Waals surface area contributed by atoms with Gasteiger partial charge in [-0.2, -0.15) is 0 Å². The molecule has 2 spiro atoms. The van der Waals surface area contributed by atoms with Crippen LogP contribution in [0.5, 0.6) is 0 Å². The number of carbonyl (C=O) groups excluding carboxylic acids is 3. The van der Waals surface area contributed by atoms with Gasteiger partial charge in [-0.3, -0.25) is 14.4 Å². The molecule has 5 aromatic carbocycles. The number of hydrogen-bond donors (Lipinski definition) is 4. The van der Waals surface area contributed by atoms with E-state index in [1.165, 1.54) is 61.0 Å². The third kappa shape index (κ3) is 17.2. The maximum Gasteiger partial charge on any atom is 0.263 e. The molecule has 11 rings (SSSR count). The number of halogens is 12. The van der Waals surface area contributed by atoms with Gasteiger partial charge in [0.05, 0.1) is 16.4 Å². The summed E-state index contributed by atoms with van der Waals surface area (Å²) in [6, 6.07) is 20.9. The van der Waals surface area contributed by atoms with Crippen molar-refractivity contribution in [2.24, 2.45) is 0 Å². The number of nitrogens with one attached hydrogen (secondary N) is 4. The molecule has 4 fully saturated rings. The van der Waals surface area contributed by atoms with E-state index in [1.54, 1.807) is 24.3 Å².